The molecule has 0 fully saturated rings. The summed E-state index contributed by atoms with van der Waals surface area (Å²) >= 11 is 0. The van der Waals surface area contributed by atoms with Crippen molar-refractivity contribution in [2.75, 3.05) is 19.5 Å². The maximum absolute atomic E-state index is 12.6. The van der Waals surface area contributed by atoms with E-state index in [1.54, 1.807) is 26.3 Å². The summed E-state index contributed by atoms with van der Waals surface area (Å²) in [5.74, 6) is 0.867. The van der Waals surface area contributed by atoms with Gasteiger partial charge >= 0.3 is 0 Å². The van der Waals surface area contributed by atoms with Gasteiger partial charge in [0.25, 0.3) is 0 Å². The number of ketones is 1. The highest BCUT2D eigenvalue weighted by Gasteiger charge is 2.18. The largest absolute Gasteiger partial charge is 0.377 e. The summed E-state index contributed by atoms with van der Waals surface area (Å²) in [5.41, 5.74) is 1.48. The highest BCUT2D eigenvalue weighted by molar-refractivity contribution is 6.12. The Bertz CT molecular complexity index is 813. The van der Waals surface area contributed by atoms with E-state index in [1.807, 2.05) is 18.2 Å². The molecule has 0 radical (unpaired) electrons. The van der Waals surface area contributed by atoms with E-state index in [1.165, 1.54) is 10.7 Å². The number of hydrogen-bond acceptors (Lipinski definition) is 6. The molecular weight excluding hydrogens is 282 g/mol. The predicted octanol–water partition coefficient (Wildman–Crippen LogP) is 1.54. The Kier molecular flexibility index (Phi) is 3.80. The van der Waals surface area contributed by atoms with Gasteiger partial charge in [0.15, 0.2) is 17.3 Å². The topological polar surface area (TPSA) is 81.4 Å². The van der Waals surface area contributed by atoms with Gasteiger partial charge in [0.2, 0.25) is 5.95 Å². The van der Waals surface area contributed by atoms with Crippen LogP contribution in [0.4, 0.5) is 5.95 Å². The molecule has 0 amide bonds. The summed E-state index contributed by atoms with van der Waals surface area (Å²) in [7, 11) is 3.30. The Morgan fingerprint density at radius 1 is 1.27 bits per heavy atom. The Morgan fingerprint density at radius 2 is 2.05 bits per heavy atom. The van der Waals surface area contributed by atoms with E-state index in [2.05, 4.69) is 20.4 Å². The number of fused-ring (bicyclic) bond motifs is 1. The van der Waals surface area contributed by atoms with Gasteiger partial charge < -0.3 is 10.1 Å². The Labute approximate surface area is 127 Å². The molecule has 0 spiro atoms. The highest BCUT2D eigenvalue weighted by atomic mass is 16.5. The molecule has 0 bridgehead atoms. The maximum atomic E-state index is 12.6. The van der Waals surface area contributed by atoms with E-state index < -0.39 is 0 Å². The van der Waals surface area contributed by atoms with Crippen LogP contribution in [0.25, 0.3) is 5.65 Å². The van der Waals surface area contributed by atoms with Crippen LogP contribution >= 0.6 is 0 Å². The molecule has 7 nitrogen and oxygen atoms in total. The second kappa shape index (κ2) is 5.90. The number of nitrogens with one attached hydrogen (secondary N) is 1. The van der Waals surface area contributed by atoms with Gasteiger partial charge in [0.05, 0.1) is 11.8 Å². The van der Waals surface area contributed by atoms with Crippen LogP contribution in [0.15, 0.2) is 36.5 Å². The van der Waals surface area contributed by atoms with Crippen LogP contribution in [0, 0.1) is 0 Å². The number of benzene rings is 1. The number of methoxy groups -OCH3 is 1. The van der Waals surface area contributed by atoms with Crippen LogP contribution in [-0.4, -0.2) is 39.5 Å². The number of anilines is 1. The molecule has 112 valence electrons. The number of ether oxygens (including phenoxy) is 1. The highest BCUT2D eigenvalue weighted by Crippen LogP contribution is 2.17. The molecule has 0 saturated heterocycles. The molecule has 22 heavy (non-hydrogen) atoms. The lowest BCUT2D eigenvalue weighted by Crippen LogP contribution is -2.10. The molecule has 1 aromatic carbocycles. The SMILES string of the molecule is CNc1nc(COC)nc2c(C(=O)c3ccccc3)cnn12. The third-order valence-electron chi connectivity index (χ3n) is 3.19. The van der Waals surface area contributed by atoms with Gasteiger partial charge in [-0.15, -0.1) is 0 Å². The molecular formula is C15H15N5O2. The van der Waals surface area contributed by atoms with Crippen LogP contribution in [0.2, 0.25) is 0 Å². The van der Waals surface area contributed by atoms with Crippen LogP contribution in [0.5, 0.6) is 0 Å². The minimum atomic E-state index is -0.125. The summed E-state index contributed by atoms with van der Waals surface area (Å²) in [4.78, 5) is 21.3. The molecule has 0 aliphatic carbocycles. The van der Waals surface area contributed by atoms with E-state index in [-0.39, 0.29) is 12.4 Å². The first kappa shape index (κ1) is 14.2. The van der Waals surface area contributed by atoms with E-state index >= 15 is 0 Å². The summed E-state index contributed by atoms with van der Waals surface area (Å²) in [6.45, 7) is 0.259. The van der Waals surface area contributed by atoms with Gasteiger partial charge in [-0.3, -0.25) is 4.79 Å². The molecule has 0 aliphatic heterocycles. The van der Waals surface area contributed by atoms with Gasteiger partial charge in [-0.25, -0.2) is 4.98 Å². The fourth-order valence-electron chi connectivity index (χ4n) is 2.18. The van der Waals surface area contributed by atoms with Crippen molar-refractivity contribution < 1.29 is 9.53 Å². The van der Waals surface area contributed by atoms with Crippen molar-refractivity contribution in [3.05, 3.63) is 53.5 Å². The summed E-state index contributed by atoms with van der Waals surface area (Å²) in [6.07, 6.45) is 1.51. The summed E-state index contributed by atoms with van der Waals surface area (Å²) in [6, 6.07) is 9.04. The van der Waals surface area contributed by atoms with Crippen molar-refractivity contribution in [1.82, 2.24) is 19.6 Å². The summed E-state index contributed by atoms with van der Waals surface area (Å²) < 4.78 is 6.58. The zero-order valence-electron chi connectivity index (χ0n) is 12.3. The molecule has 3 aromatic rings. The van der Waals surface area contributed by atoms with Gasteiger partial charge in [0, 0.05) is 19.7 Å². The molecule has 2 heterocycles. The minimum Gasteiger partial charge on any atom is -0.377 e. The van der Waals surface area contributed by atoms with E-state index in [0.717, 1.165) is 0 Å². The van der Waals surface area contributed by atoms with E-state index in [4.69, 9.17) is 4.74 Å². The Morgan fingerprint density at radius 3 is 2.73 bits per heavy atom. The van der Waals surface area contributed by atoms with Crippen molar-refractivity contribution >= 4 is 17.4 Å². The quantitative estimate of drug-likeness (QED) is 0.719. The average molecular weight is 297 g/mol. The van der Waals surface area contributed by atoms with Crippen molar-refractivity contribution in [1.29, 1.82) is 0 Å². The van der Waals surface area contributed by atoms with Crippen LogP contribution in [-0.2, 0) is 11.3 Å². The minimum absolute atomic E-state index is 0.125. The molecule has 0 unspecified atom stereocenters. The van der Waals surface area contributed by atoms with Crippen molar-refractivity contribution in [3.63, 3.8) is 0 Å². The van der Waals surface area contributed by atoms with Crippen molar-refractivity contribution in [3.8, 4) is 0 Å². The lowest BCUT2D eigenvalue weighted by Gasteiger charge is -2.06. The molecule has 0 aliphatic rings. The molecule has 3 rings (SSSR count). The average Bonchev–Trinajstić information content (AvgIpc) is 2.98. The molecule has 0 atom stereocenters. The molecule has 7 heteroatoms. The van der Waals surface area contributed by atoms with Gasteiger partial charge in [-0.1, -0.05) is 30.3 Å². The lowest BCUT2D eigenvalue weighted by atomic mass is 10.1. The zero-order valence-corrected chi connectivity index (χ0v) is 12.3. The fourth-order valence-corrected chi connectivity index (χ4v) is 2.18. The monoisotopic (exact) mass is 297 g/mol. The first-order valence-electron chi connectivity index (χ1n) is 6.75. The second-order valence-electron chi connectivity index (χ2n) is 4.64. The van der Waals surface area contributed by atoms with Crippen LogP contribution < -0.4 is 5.32 Å². The molecule has 0 saturated carbocycles. The normalized spacial score (nSPS) is 10.8. The number of aromatic nitrogens is 4. The Balaban J connectivity index is 2.14. The number of rotatable bonds is 5. The maximum Gasteiger partial charge on any atom is 0.227 e. The lowest BCUT2D eigenvalue weighted by molar-refractivity contribution is 0.104. The number of carbonyl (C=O) groups excluding carboxylic acids is 1. The van der Waals surface area contributed by atoms with Gasteiger partial charge in [0.1, 0.15) is 6.61 Å². The number of nitrogens with zero attached hydrogens (tertiary/aromatic N) is 4. The smallest absolute Gasteiger partial charge is 0.227 e. The third-order valence-corrected chi connectivity index (χ3v) is 3.19. The molecule has 1 N–H and O–H groups in total. The van der Waals surface area contributed by atoms with Crippen molar-refractivity contribution in [2.45, 2.75) is 6.61 Å². The number of carbonyl (C=O) groups is 1. The number of hydrogen-bond donors (Lipinski definition) is 1. The zero-order chi connectivity index (χ0) is 15.5. The van der Waals surface area contributed by atoms with Crippen LogP contribution in [0.3, 0.4) is 0 Å². The van der Waals surface area contributed by atoms with Crippen LogP contribution in [0.1, 0.15) is 21.7 Å². The summed E-state index contributed by atoms with van der Waals surface area (Å²) in [5, 5.41) is 7.15. The Hall–Kier alpha value is -2.80. The first-order chi connectivity index (χ1) is 10.7. The standard InChI is InChI=1S/C15H15N5O2/c1-16-15-19-12(9-22-2)18-14-11(8-17-20(14)15)13(21)10-6-4-3-5-7-10/h3-8H,9H2,1-2H3,(H,16,18,19). The predicted molar refractivity (Wildman–Crippen MR) is 80.9 cm³/mol. The van der Waals surface area contributed by atoms with Gasteiger partial charge in [-0.05, 0) is 0 Å². The second-order valence-corrected chi connectivity index (χ2v) is 4.64. The van der Waals surface area contributed by atoms with Gasteiger partial charge in [-0.2, -0.15) is 14.6 Å². The van der Waals surface area contributed by atoms with Crippen molar-refractivity contribution in [2.24, 2.45) is 0 Å². The molecule has 2 aromatic heterocycles. The first-order valence-corrected chi connectivity index (χ1v) is 6.75. The van der Waals surface area contributed by atoms with E-state index in [0.29, 0.717) is 28.5 Å². The fraction of sp³-hybridized carbons (Fsp3) is 0.200. The third kappa shape index (κ3) is 2.42. The van der Waals surface area contributed by atoms with E-state index in [9.17, 15) is 4.79 Å².